The van der Waals surface area contributed by atoms with E-state index in [0.29, 0.717) is 28.7 Å². The number of hydrogen-bond acceptors (Lipinski definition) is 7. The number of carbonyl (C=O) groups is 2. The number of rotatable bonds is 8. The predicted octanol–water partition coefficient (Wildman–Crippen LogP) is 2.34. The van der Waals surface area contributed by atoms with Gasteiger partial charge in [0.2, 0.25) is 18.4 Å². The highest BCUT2D eigenvalue weighted by atomic mass is 16.7. The number of carbonyl (C=O) groups excluding carboxylic acids is 1. The topological polar surface area (TPSA) is 129 Å². The molecule has 0 saturated heterocycles. The zero-order valence-electron chi connectivity index (χ0n) is 16.5. The van der Waals surface area contributed by atoms with Crippen molar-refractivity contribution in [3.63, 3.8) is 0 Å². The van der Waals surface area contributed by atoms with Crippen molar-refractivity contribution in [3.8, 4) is 23.0 Å². The smallest absolute Gasteiger partial charge is 0.305 e. The van der Waals surface area contributed by atoms with Gasteiger partial charge < -0.3 is 35.1 Å². The Hall–Kier alpha value is -3.72. The summed E-state index contributed by atoms with van der Waals surface area (Å²) in [6.45, 7) is 0.143. The Morgan fingerprint density at radius 1 is 1.13 bits per heavy atom. The summed E-state index contributed by atoms with van der Waals surface area (Å²) in [5.41, 5.74) is 7.61. The van der Waals surface area contributed by atoms with Gasteiger partial charge in [-0.3, -0.25) is 9.59 Å². The van der Waals surface area contributed by atoms with Crippen LogP contribution in [0.25, 0.3) is 12.2 Å². The largest absolute Gasteiger partial charge is 0.495 e. The summed E-state index contributed by atoms with van der Waals surface area (Å²) < 4.78 is 21.4. The highest BCUT2D eigenvalue weighted by Crippen LogP contribution is 2.42. The van der Waals surface area contributed by atoms with Crippen LogP contribution in [0.4, 0.5) is 5.69 Å². The number of fused-ring (bicyclic) bond motifs is 1. The minimum Gasteiger partial charge on any atom is -0.495 e. The van der Waals surface area contributed by atoms with Crippen LogP contribution in [-0.2, 0) is 9.59 Å². The first-order valence-corrected chi connectivity index (χ1v) is 9.03. The second-order valence-electron chi connectivity index (χ2n) is 6.44. The molecule has 1 aliphatic heterocycles. The van der Waals surface area contributed by atoms with Crippen LogP contribution in [0, 0.1) is 0 Å². The van der Waals surface area contributed by atoms with Gasteiger partial charge in [0, 0.05) is 0 Å². The van der Waals surface area contributed by atoms with Gasteiger partial charge in [-0.25, -0.2) is 0 Å². The van der Waals surface area contributed by atoms with Crippen LogP contribution >= 0.6 is 0 Å². The maximum absolute atomic E-state index is 12.2. The summed E-state index contributed by atoms with van der Waals surface area (Å²) in [5.74, 6) is 0.399. The fourth-order valence-electron chi connectivity index (χ4n) is 2.87. The molecule has 30 heavy (non-hydrogen) atoms. The maximum Gasteiger partial charge on any atom is 0.305 e. The van der Waals surface area contributed by atoms with E-state index in [1.807, 2.05) is 30.4 Å². The minimum absolute atomic E-state index is 0.143. The first-order valence-electron chi connectivity index (χ1n) is 9.03. The Labute approximate surface area is 173 Å². The molecule has 2 aromatic rings. The zero-order chi connectivity index (χ0) is 21.7. The van der Waals surface area contributed by atoms with Crippen molar-refractivity contribution in [1.29, 1.82) is 0 Å². The molecule has 9 nitrogen and oxygen atoms in total. The number of ether oxygens (including phenoxy) is 4. The Kier molecular flexibility index (Phi) is 6.43. The lowest BCUT2D eigenvalue weighted by atomic mass is 10.1. The van der Waals surface area contributed by atoms with Gasteiger partial charge in [-0.05, 0) is 35.4 Å². The quantitative estimate of drug-likeness (QED) is 0.562. The third-order valence-corrected chi connectivity index (χ3v) is 4.36. The van der Waals surface area contributed by atoms with Crippen molar-refractivity contribution in [2.75, 3.05) is 26.3 Å². The number of methoxy groups -OCH3 is 2. The average Bonchev–Trinajstić information content (AvgIpc) is 3.20. The molecular weight excluding hydrogens is 392 g/mol. The molecule has 3 rings (SSSR count). The van der Waals surface area contributed by atoms with Gasteiger partial charge in [-0.1, -0.05) is 18.2 Å². The van der Waals surface area contributed by atoms with Gasteiger partial charge in [0.15, 0.2) is 11.5 Å². The molecule has 1 aliphatic rings. The van der Waals surface area contributed by atoms with Gasteiger partial charge in [-0.2, -0.15) is 0 Å². The number of nitrogens with two attached hydrogens (primary N) is 1. The number of aliphatic carboxylic acids is 1. The monoisotopic (exact) mass is 414 g/mol. The number of nitrogens with one attached hydrogen (secondary N) is 1. The number of amides is 1. The first kappa shape index (κ1) is 21.0. The second kappa shape index (κ2) is 9.19. The van der Waals surface area contributed by atoms with Crippen LogP contribution in [0.5, 0.6) is 23.0 Å². The summed E-state index contributed by atoms with van der Waals surface area (Å²) in [6, 6.07) is 7.68. The van der Waals surface area contributed by atoms with Crippen LogP contribution in [-0.4, -0.2) is 44.0 Å². The Bertz CT molecular complexity index is 988. The van der Waals surface area contributed by atoms with E-state index < -0.39 is 24.3 Å². The van der Waals surface area contributed by atoms with Crippen LogP contribution in [0.1, 0.15) is 17.5 Å². The molecule has 0 aliphatic carbocycles. The van der Waals surface area contributed by atoms with Crippen molar-refractivity contribution in [3.05, 3.63) is 41.5 Å². The van der Waals surface area contributed by atoms with Gasteiger partial charge in [-0.15, -0.1) is 0 Å². The fraction of sp³-hybridized carbons (Fsp3) is 0.238. The van der Waals surface area contributed by atoms with Gasteiger partial charge >= 0.3 is 5.97 Å². The van der Waals surface area contributed by atoms with Gasteiger partial charge in [0.05, 0.1) is 32.4 Å². The zero-order valence-corrected chi connectivity index (χ0v) is 16.5. The molecule has 158 valence electrons. The lowest BCUT2D eigenvalue weighted by molar-refractivity contribution is -0.138. The van der Waals surface area contributed by atoms with E-state index in [-0.39, 0.29) is 6.79 Å². The molecule has 0 aromatic heterocycles. The Morgan fingerprint density at radius 3 is 2.57 bits per heavy atom. The fourth-order valence-corrected chi connectivity index (χ4v) is 2.87. The molecule has 1 unspecified atom stereocenters. The summed E-state index contributed by atoms with van der Waals surface area (Å²) in [5, 5.41) is 11.4. The van der Waals surface area contributed by atoms with E-state index in [4.69, 9.17) is 29.8 Å². The van der Waals surface area contributed by atoms with Crippen molar-refractivity contribution in [2.24, 2.45) is 5.73 Å². The number of carboxylic acids is 1. The molecule has 0 saturated carbocycles. The second-order valence-corrected chi connectivity index (χ2v) is 6.44. The van der Waals surface area contributed by atoms with Crippen LogP contribution in [0.2, 0.25) is 0 Å². The number of anilines is 1. The highest BCUT2D eigenvalue weighted by molar-refractivity contribution is 5.98. The summed E-state index contributed by atoms with van der Waals surface area (Å²) in [4.78, 5) is 22.9. The molecule has 1 amide bonds. The maximum atomic E-state index is 12.2. The van der Waals surface area contributed by atoms with E-state index in [9.17, 15) is 9.59 Å². The molecule has 0 radical (unpaired) electrons. The van der Waals surface area contributed by atoms with Gasteiger partial charge in [0.25, 0.3) is 0 Å². The van der Waals surface area contributed by atoms with Crippen molar-refractivity contribution in [2.45, 2.75) is 12.5 Å². The van der Waals surface area contributed by atoms with E-state index in [2.05, 4.69) is 5.32 Å². The van der Waals surface area contributed by atoms with E-state index in [1.54, 1.807) is 19.2 Å². The Balaban J connectivity index is 1.81. The normalized spacial score (nSPS) is 13.2. The van der Waals surface area contributed by atoms with E-state index >= 15 is 0 Å². The summed E-state index contributed by atoms with van der Waals surface area (Å²) >= 11 is 0. The third-order valence-electron chi connectivity index (χ3n) is 4.36. The Morgan fingerprint density at radius 2 is 1.87 bits per heavy atom. The van der Waals surface area contributed by atoms with Crippen LogP contribution in [0.3, 0.4) is 0 Å². The molecule has 0 bridgehead atoms. The van der Waals surface area contributed by atoms with Crippen molar-refractivity contribution in [1.82, 2.24) is 0 Å². The standard InChI is InChI=1S/C21H22N2O7/c1-27-16-6-5-12(7-15(16)23-21(26)14(22)10-19(24)25)3-4-13-8-17(28-2)20-18(9-13)29-11-30-20/h3-9,14H,10-11,22H2,1-2H3,(H,23,26)(H,24,25)/b4-3-. The molecule has 1 atom stereocenters. The lowest BCUT2D eigenvalue weighted by Crippen LogP contribution is -2.37. The molecular formula is C21H22N2O7. The van der Waals surface area contributed by atoms with Crippen molar-refractivity contribution >= 4 is 29.7 Å². The SMILES string of the molecule is COc1ccc(/C=C\c2cc(OC)c3c(c2)OCO3)cc1NC(=O)C(N)CC(=O)O. The highest BCUT2D eigenvalue weighted by Gasteiger charge is 2.20. The van der Waals surface area contributed by atoms with E-state index in [0.717, 1.165) is 11.1 Å². The van der Waals surface area contributed by atoms with Crippen LogP contribution < -0.4 is 30.0 Å². The minimum atomic E-state index is -1.17. The van der Waals surface area contributed by atoms with Crippen molar-refractivity contribution < 1.29 is 33.6 Å². The molecule has 0 spiro atoms. The molecule has 4 N–H and O–H groups in total. The first-order chi connectivity index (χ1) is 14.4. The molecule has 0 fully saturated rings. The number of carboxylic acid groups (broad SMARTS) is 1. The third kappa shape index (κ3) is 4.81. The van der Waals surface area contributed by atoms with Crippen LogP contribution in [0.15, 0.2) is 30.3 Å². The molecule has 9 heteroatoms. The van der Waals surface area contributed by atoms with E-state index in [1.165, 1.54) is 7.11 Å². The molecule has 1 heterocycles. The lowest BCUT2D eigenvalue weighted by Gasteiger charge is -2.14. The number of hydrogen-bond donors (Lipinski definition) is 3. The average molecular weight is 414 g/mol. The van der Waals surface area contributed by atoms with Gasteiger partial charge in [0.1, 0.15) is 5.75 Å². The number of benzene rings is 2. The molecule has 2 aromatic carbocycles. The summed E-state index contributed by atoms with van der Waals surface area (Å²) in [6.07, 6.45) is 3.22. The summed E-state index contributed by atoms with van der Waals surface area (Å²) in [7, 11) is 3.02. The predicted molar refractivity (Wildman–Crippen MR) is 110 cm³/mol.